The second kappa shape index (κ2) is 10.5. The highest BCUT2D eigenvalue weighted by atomic mass is 19.1. The predicted molar refractivity (Wildman–Crippen MR) is 131 cm³/mol. The van der Waals surface area contributed by atoms with Crippen molar-refractivity contribution in [2.24, 2.45) is 0 Å². The third kappa shape index (κ3) is 4.93. The van der Waals surface area contributed by atoms with Gasteiger partial charge in [0.25, 0.3) is 0 Å². The van der Waals surface area contributed by atoms with E-state index in [9.17, 15) is 14.3 Å². The number of hydrogen-bond donors (Lipinski definition) is 2. The van der Waals surface area contributed by atoms with Gasteiger partial charge in [-0.25, -0.2) is 9.18 Å². The lowest BCUT2D eigenvalue weighted by atomic mass is 10.1. The molecule has 3 aromatic carbocycles. The topological polar surface area (TPSA) is 81.9 Å². The highest BCUT2D eigenvalue weighted by Crippen LogP contribution is 2.32. The van der Waals surface area contributed by atoms with Crippen LogP contribution in [-0.4, -0.2) is 37.0 Å². The highest BCUT2D eigenvalue weighted by Gasteiger charge is 2.23. The number of fused-ring (bicyclic) bond motifs is 1. The standard InChI is InChI=1S/C27H27FN2O5/c1-33-20-11-12-21-22(15-29-14-18-5-4-6-24(34-2)26(18)35-3)25(27(31)32)30(23(21)13-20)16-17-7-9-19(28)10-8-17/h4-13,29H,14-16H2,1-3H3,(H,31,32). The number of ether oxygens (including phenoxy) is 3. The van der Waals surface area contributed by atoms with Crippen LogP contribution in [0.2, 0.25) is 0 Å². The first-order valence-electron chi connectivity index (χ1n) is 11.0. The molecule has 7 nitrogen and oxygen atoms in total. The number of nitrogens with one attached hydrogen (secondary N) is 1. The van der Waals surface area contributed by atoms with E-state index in [1.54, 1.807) is 38.0 Å². The molecule has 8 heteroatoms. The second-order valence-electron chi connectivity index (χ2n) is 7.98. The second-order valence-corrected chi connectivity index (χ2v) is 7.98. The Morgan fingerprint density at radius 2 is 1.74 bits per heavy atom. The monoisotopic (exact) mass is 478 g/mol. The molecule has 0 aliphatic carbocycles. The molecule has 182 valence electrons. The van der Waals surface area contributed by atoms with Gasteiger partial charge in [-0.3, -0.25) is 0 Å². The van der Waals surface area contributed by atoms with Gasteiger partial charge in [-0.05, 0) is 35.9 Å². The zero-order valence-corrected chi connectivity index (χ0v) is 19.8. The van der Waals surface area contributed by atoms with E-state index in [0.29, 0.717) is 35.9 Å². The Labute approximate surface area is 202 Å². The van der Waals surface area contributed by atoms with Crippen molar-refractivity contribution in [1.82, 2.24) is 9.88 Å². The van der Waals surface area contributed by atoms with Gasteiger partial charge in [-0.1, -0.05) is 24.3 Å². The molecule has 0 aliphatic heterocycles. The molecule has 1 heterocycles. The van der Waals surface area contributed by atoms with E-state index < -0.39 is 5.97 Å². The zero-order valence-electron chi connectivity index (χ0n) is 19.8. The van der Waals surface area contributed by atoms with Crippen LogP contribution in [0.1, 0.15) is 27.2 Å². The van der Waals surface area contributed by atoms with Crippen molar-refractivity contribution in [2.45, 2.75) is 19.6 Å². The lowest BCUT2D eigenvalue weighted by molar-refractivity contribution is 0.0684. The van der Waals surface area contributed by atoms with Crippen LogP contribution >= 0.6 is 0 Å². The fraction of sp³-hybridized carbons (Fsp3) is 0.222. The molecular weight excluding hydrogens is 451 g/mol. The summed E-state index contributed by atoms with van der Waals surface area (Å²) in [5.41, 5.74) is 3.22. The number of halogens is 1. The Kier molecular flexibility index (Phi) is 7.22. The number of aromatic nitrogens is 1. The lowest BCUT2D eigenvalue weighted by Gasteiger charge is -2.13. The van der Waals surface area contributed by atoms with Crippen LogP contribution in [0.3, 0.4) is 0 Å². The van der Waals surface area contributed by atoms with E-state index in [0.717, 1.165) is 22.0 Å². The quantitative estimate of drug-likeness (QED) is 0.339. The van der Waals surface area contributed by atoms with Gasteiger partial charge in [-0.2, -0.15) is 0 Å². The maximum atomic E-state index is 13.4. The van der Waals surface area contributed by atoms with Crippen molar-refractivity contribution in [1.29, 1.82) is 0 Å². The number of carbonyl (C=O) groups is 1. The molecule has 0 fully saturated rings. The zero-order chi connectivity index (χ0) is 24.9. The predicted octanol–water partition coefficient (Wildman–Crippen LogP) is 4.84. The molecule has 0 amide bonds. The summed E-state index contributed by atoms with van der Waals surface area (Å²) in [6.45, 7) is 1.02. The molecule has 0 aliphatic rings. The van der Waals surface area contributed by atoms with Crippen molar-refractivity contribution in [2.75, 3.05) is 21.3 Å². The van der Waals surface area contributed by atoms with Crippen molar-refractivity contribution in [3.63, 3.8) is 0 Å². The molecule has 0 radical (unpaired) electrons. The van der Waals surface area contributed by atoms with E-state index >= 15 is 0 Å². The SMILES string of the molecule is COc1ccc2c(CNCc3cccc(OC)c3OC)c(C(=O)O)n(Cc3ccc(F)cc3)c2c1. The number of benzene rings is 3. The van der Waals surface area contributed by atoms with Gasteiger partial charge >= 0.3 is 5.97 Å². The van der Waals surface area contributed by atoms with Crippen molar-refractivity contribution >= 4 is 16.9 Å². The minimum Gasteiger partial charge on any atom is -0.497 e. The van der Waals surface area contributed by atoms with Gasteiger partial charge in [0.05, 0.1) is 26.8 Å². The van der Waals surface area contributed by atoms with E-state index in [1.165, 1.54) is 12.1 Å². The number of rotatable bonds is 10. The van der Waals surface area contributed by atoms with Gasteiger partial charge < -0.3 is 29.2 Å². The number of nitrogens with zero attached hydrogens (tertiary/aromatic N) is 1. The molecule has 0 spiro atoms. The first-order chi connectivity index (χ1) is 17.0. The number of carboxylic acid groups (broad SMARTS) is 1. The first-order valence-corrected chi connectivity index (χ1v) is 11.0. The molecule has 35 heavy (non-hydrogen) atoms. The molecule has 4 aromatic rings. The maximum absolute atomic E-state index is 13.4. The molecule has 0 saturated carbocycles. The molecule has 0 saturated heterocycles. The Balaban J connectivity index is 1.72. The number of hydrogen-bond acceptors (Lipinski definition) is 5. The van der Waals surface area contributed by atoms with E-state index in [-0.39, 0.29) is 18.1 Å². The van der Waals surface area contributed by atoms with Crippen LogP contribution in [0.4, 0.5) is 4.39 Å². The normalized spacial score (nSPS) is 11.0. The van der Waals surface area contributed by atoms with Gasteiger partial charge in [0.2, 0.25) is 0 Å². The molecule has 4 rings (SSSR count). The minimum absolute atomic E-state index is 0.169. The summed E-state index contributed by atoms with van der Waals surface area (Å²) in [6, 6.07) is 17.2. The van der Waals surface area contributed by atoms with E-state index in [4.69, 9.17) is 14.2 Å². The third-order valence-electron chi connectivity index (χ3n) is 5.93. The summed E-state index contributed by atoms with van der Waals surface area (Å²) in [4.78, 5) is 12.5. The average Bonchev–Trinajstić information content (AvgIpc) is 3.17. The number of carboxylic acids is 1. The minimum atomic E-state index is -1.04. The average molecular weight is 479 g/mol. The number of methoxy groups -OCH3 is 3. The molecule has 2 N–H and O–H groups in total. The fourth-order valence-corrected chi connectivity index (χ4v) is 4.30. The van der Waals surface area contributed by atoms with Crippen LogP contribution in [0.5, 0.6) is 17.2 Å². The molecule has 0 atom stereocenters. The summed E-state index contributed by atoms with van der Waals surface area (Å²) >= 11 is 0. The fourth-order valence-electron chi connectivity index (χ4n) is 4.30. The number of aromatic carboxylic acids is 1. The summed E-state index contributed by atoms with van der Waals surface area (Å²) in [5.74, 6) is 0.487. The van der Waals surface area contributed by atoms with Crippen LogP contribution < -0.4 is 19.5 Å². The molecule has 0 bridgehead atoms. The van der Waals surface area contributed by atoms with E-state index in [1.807, 2.05) is 36.4 Å². The Bertz CT molecular complexity index is 1350. The number of para-hydroxylation sites is 1. The lowest BCUT2D eigenvalue weighted by Crippen LogP contribution is -2.17. The van der Waals surface area contributed by atoms with Crippen LogP contribution in [0, 0.1) is 5.82 Å². The smallest absolute Gasteiger partial charge is 0.352 e. The third-order valence-corrected chi connectivity index (χ3v) is 5.93. The van der Waals surface area contributed by atoms with Crippen LogP contribution in [0.25, 0.3) is 10.9 Å². The van der Waals surface area contributed by atoms with Gasteiger partial charge in [0.15, 0.2) is 11.5 Å². The Morgan fingerprint density at radius 1 is 0.971 bits per heavy atom. The van der Waals surface area contributed by atoms with Crippen LogP contribution in [0.15, 0.2) is 60.7 Å². The maximum Gasteiger partial charge on any atom is 0.352 e. The molecule has 1 aromatic heterocycles. The molecular formula is C27H27FN2O5. The summed E-state index contributed by atoms with van der Waals surface area (Å²) in [7, 11) is 4.73. The largest absolute Gasteiger partial charge is 0.497 e. The van der Waals surface area contributed by atoms with Gasteiger partial charge in [0.1, 0.15) is 17.3 Å². The summed E-state index contributed by atoms with van der Waals surface area (Å²) < 4.78 is 31.4. The van der Waals surface area contributed by atoms with Gasteiger partial charge in [-0.15, -0.1) is 0 Å². The van der Waals surface area contributed by atoms with Crippen molar-refractivity contribution < 1.29 is 28.5 Å². The first kappa shape index (κ1) is 24.1. The Hall–Kier alpha value is -4.04. The summed E-state index contributed by atoms with van der Waals surface area (Å²) in [6.07, 6.45) is 0. The van der Waals surface area contributed by atoms with Crippen LogP contribution in [-0.2, 0) is 19.6 Å². The Morgan fingerprint density at radius 3 is 2.40 bits per heavy atom. The summed E-state index contributed by atoms with van der Waals surface area (Å²) in [5, 5.41) is 14.3. The van der Waals surface area contributed by atoms with Crippen molar-refractivity contribution in [3.8, 4) is 17.2 Å². The molecule has 0 unspecified atom stereocenters. The highest BCUT2D eigenvalue weighted by molar-refractivity contribution is 5.98. The van der Waals surface area contributed by atoms with E-state index in [2.05, 4.69) is 5.32 Å². The van der Waals surface area contributed by atoms with Crippen molar-refractivity contribution in [3.05, 3.63) is 88.9 Å². The van der Waals surface area contributed by atoms with Gasteiger partial charge in [0, 0.05) is 42.2 Å².